The fourth-order valence-corrected chi connectivity index (χ4v) is 7.81. The summed E-state index contributed by atoms with van der Waals surface area (Å²) < 4.78 is 7.10. The second-order valence-electron chi connectivity index (χ2n) is 12.3. The number of nitrogens with zero attached hydrogens (tertiary/aromatic N) is 3. The summed E-state index contributed by atoms with van der Waals surface area (Å²) in [6.45, 7) is 8.89. The number of likely N-dealkylation sites (tertiary alicyclic amines) is 1. The Bertz CT molecular complexity index is 1490. The van der Waals surface area contributed by atoms with Crippen LogP contribution in [0.3, 0.4) is 0 Å². The quantitative estimate of drug-likeness (QED) is 0.496. The Morgan fingerprint density at radius 3 is 2.37 bits per heavy atom. The number of hydrogen-bond donors (Lipinski definition) is 1. The number of aliphatic hydroxyl groups excluding tert-OH is 1. The maximum Gasteiger partial charge on any atom is 0.253 e. The van der Waals surface area contributed by atoms with Crippen molar-refractivity contribution in [3.05, 3.63) is 89.5 Å². The molecule has 43 heavy (non-hydrogen) atoms. The molecule has 226 valence electrons. The highest BCUT2D eigenvalue weighted by atomic mass is 16.5. The molecular weight excluding hydrogens is 542 g/mol. The van der Waals surface area contributed by atoms with Crippen molar-refractivity contribution in [2.24, 2.45) is 11.8 Å². The minimum atomic E-state index is -1.39. The van der Waals surface area contributed by atoms with Gasteiger partial charge in [-0.3, -0.25) is 14.4 Å². The van der Waals surface area contributed by atoms with E-state index in [1.807, 2.05) is 101 Å². The van der Waals surface area contributed by atoms with E-state index in [1.165, 1.54) is 4.90 Å². The Morgan fingerprint density at radius 1 is 0.930 bits per heavy atom. The lowest BCUT2D eigenvalue weighted by Gasteiger charge is -2.41. The molecule has 0 aliphatic carbocycles. The lowest BCUT2D eigenvalue weighted by molar-refractivity contribution is -0.152. The molecule has 4 heterocycles. The number of carbonyl (C=O) groups excluding carboxylic acids is 3. The van der Waals surface area contributed by atoms with E-state index in [1.54, 1.807) is 9.80 Å². The Labute approximate surface area is 253 Å². The first-order chi connectivity index (χ1) is 20.7. The van der Waals surface area contributed by atoms with E-state index < -0.39 is 35.1 Å². The van der Waals surface area contributed by atoms with Crippen molar-refractivity contribution >= 4 is 23.4 Å². The van der Waals surface area contributed by atoms with Crippen molar-refractivity contribution in [2.45, 2.75) is 63.8 Å². The van der Waals surface area contributed by atoms with Gasteiger partial charge in [0.05, 0.1) is 30.1 Å². The molecule has 0 radical (unpaired) electrons. The normalized spacial score (nSPS) is 30.7. The third kappa shape index (κ3) is 4.37. The van der Waals surface area contributed by atoms with Crippen LogP contribution in [0.1, 0.15) is 49.4 Å². The van der Waals surface area contributed by atoms with Crippen molar-refractivity contribution in [3.63, 3.8) is 0 Å². The van der Waals surface area contributed by atoms with Crippen LogP contribution in [-0.2, 0) is 19.1 Å². The lowest BCUT2D eigenvalue weighted by atomic mass is 9.73. The molecule has 3 amide bonds. The molecule has 2 aromatic carbocycles. The molecule has 2 saturated heterocycles. The van der Waals surface area contributed by atoms with Crippen LogP contribution in [0.25, 0.3) is 0 Å². The number of benzene rings is 2. The number of rotatable bonds is 7. The highest BCUT2D eigenvalue weighted by Gasteiger charge is 2.76. The van der Waals surface area contributed by atoms with Crippen molar-refractivity contribution in [2.75, 3.05) is 31.1 Å². The van der Waals surface area contributed by atoms with Crippen LogP contribution in [0.15, 0.2) is 72.8 Å². The largest absolute Gasteiger partial charge is 0.394 e. The Morgan fingerprint density at radius 2 is 1.67 bits per heavy atom. The summed E-state index contributed by atoms with van der Waals surface area (Å²) in [5.41, 5.74) is 1.01. The number of amides is 3. The third-order valence-electron chi connectivity index (χ3n) is 9.80. The zero-order valence-corrected chi connectivity index (χ0v) is 25.4. The molecule has 4 aliphatic rings. The second-order valence-corrected chi connectivity index (χ2v) is 12.3. The molecule has 0 aromatic heterocycles. The molecule has 2 fully saturated rings. The van der Waals surface area contributed by atoms with Gasteiger partial charge in [-0.1, -0.05) is 80.6 Å². The first kappa shape index (κ1) is 29.3. The highest BCUT2D eigenvalue weighted by Crippen LogP contribution is 2.60. The number of anilines is 1. The number of aryl methyl sites for hydroxylation is 2. The van der Waals surface area contributed by atoms with Crippen LogP contribution in [-0.4, -0.2) is 76.1 Å². The number of ether oxygens (including phenoxy) is 1. The summed E-state index contributed by atoms with van der Waals surface area (Å²) in [5, 5.41) is 10.8. The summed E-state index contributed by atoms with van der Waals surface area (Å²) in [4.78, 5) is 49.3. The average molecular weight is 584 g/mol. The zero-order chi connectivity index (χ0) is 30.5. The summed E-state index contributed by atoms with van der Waals surface area (Å²) in [6, 6.07) is 13.4. The summed E-state index contributed by atoms with van der Waals surface area (Å²) in [5.74, 6) is -2.48. The smallest absolute Gasteiger partial charge is 0.253 e. The molecule has 6 atom stereocenters. The molecule has 1 unspecified atom stereocenters. The van der Waals surface area contributed by atoms with E-state index in [2.05, 4.69) is 0 Å². The van der Waals surface area contributed by atoms with E-state index in [4.69, 9.17) is 4.74 Å². The molecule has 2 aromatic rings. The highest BCUT2D eigenvalue weighted by molar-refractivity contribution is 6.06. The van der Waals surface area contributed by atoms with Crippen LogP contribution < -0.4 is 4.90 Å². The fraction of sp³-hybridized carbons (Fsp3) is 0.457. The van der Waals surface area contributed by atoms with E-state index in [0.29, 0.717) is 31.6 Å². The van der Waals surface area contributed by atoms with Gasteiger partial charge in [-0.25, -0.2) is 0 Å². The SMILES string of the molecule is CCCN1CC=C[C@@]2(CC)O[C@]34C=CCN(c5cc(C)ccc5C)C(=O)C3N([C@H](CO)c3ccccc3)C(=O)[C@@H]4[C@H]2C1=O. The van der Waals surface area contributed by atoms with Gasteiger partial charge < -0.3 is 24.5 Å². The number of fused-ring (bicyclic) bond motifs is 2. The van der Waals surface area contributed by atoms with Gasteiger partial charge in [0.25, 0.3) is 5.91 Å². The molecule has 8 nitrogen and oxygen atoms in total. The molecule has 1 N–H and O–H groups in total. The summed E-state index contributed by atoms with van der Waals surface area (Å²) in [7, 11) is 0. The van der Waals surface area contributed by atoms with Crippen molar-refractivity contribution in [1.29, 1.82) is 0 Å². The summed E-state index contributed by atoms with van der Waals surface area (Å²) >= 11 is 0. The van der Waals surface area contributed by atoms with Gasteiger partial charge in [0.15, 0.2) is 0 Å². The van der Waals surface area contributed by atoms with Gasteiger partial charge in [-0.05, 0) is 49.4 Å². The Hall–Kier alpha value is -3.75. The second kappa shape index (κ2) is 11.1. The Kier molecular flexibility index (Phi) is 7.55. The van der Waals surface area contributed by atoms with Gasteiger partial charge in [0.1, 0.15) is 11.6 Å². The van der Waals surface area contributed by atoms with Gasteiger partial charge in [0.2, 0.25) is 11.8 Å². The maximum atomic E-state index is 15.0. The molecule has 1 spiro atoms. The number of carbonyl (C=O) groups is 3. The minimum absolute atomic E-state index is 0.124. The van der Waals surface area contributed by atoms with Crippen molar-refractivity contribution in [1.82, 2.24) is 9.80 Å². The van der Waals surface area contributed by atoms with Gasteiger partial charge >= 0.3 is 0 Å². The Balaban J connectivity index is 1.56. The fourth-order valence-electron chi connectivity index (χ4n) is 7.81. The third-order valence-corrected chi connectivity index (χ3v) is 9.80. The van der Waals surface area contributed by atoms with Gasteiger partial charge in [-0.2, -0.15) is 0 Å². The number of aliphatic hydroxyl groups is 1. The molecule has 8 heteroatoms. The first-order valence-corrected chi connectivity index (χ1v) is 15.4. The summed E-state index contributed by atoms with van der Waals surface area (Å²) in [6.07, 6.45) is 8.97. The van der Waals surface area contributed by atoms with E-state index in [9.17, 15) is 19.5 Å². The maximum absolute atomic E-state index is 15.0. The zero-order valence-electron chi connectivity index (χ0n) is 25.4. The van der Waals surface area contributed by atoms with Crippen molar-refractivity contribution in [3.8, 4) is 0 Å². The van der Waals surface area contributed by atoms with Crippen LogP contribution in [0, 0.1) is 25.7 Å². The molecule has 4 aliphatic heterocycles. The lowest BCUT2D eigenvalue weighted by Crippen LogP contribution is -2.57. The monoisotopic (exact) mass is 583 g/mol. The van der Waals surface area contributed by atoms with Crippen LogP contribution in [0.4, 0.5) is 5.69 Å². The van der Waals surface area contributed by atoms with Crippen LogP contribution in [0.2, 0.25) is 0 Å². The van der Waals surface area contributed by atoms with Gasteiger partial charge in [0, 0.05) is 25.3 Å². The standard InChI is InChI=1S/C35H41N3O5/c1-5-18-36-19-10-16-34(6-2)28(31(36)40)29-32(41)38(27(22-39)25-12-8-7-9-13-25)30-33(42)37(20-11-17-35(29,30)43-34)26-21-23(3)14-15-24(26)4/h7-17,21,27-30,39H,5-6,18-20,22H2,1-4H3/t27-,28+,29+,30?,34-,35+/m1/s1. The van der Waals surface area contributed by atoms with E-state index >= 15 is 0 Å². The average Bonchev–Trinajstić information content (AvgIpc) is 3.30. The molecular formula is C35H41N3O5. The first-order valence-electron chi connectivity index (χ1n) is 15.4. The predicted molar refractivity (Wildman–Crippen MR) is 164 cm³/mol. The molecule has 6 rings (SSSR count). The van der Waals surface area contributed by atoms with Crippen molar-refractivity contribution < 1.29 is 24.2 Å². The number of hydrogen-bond acceptors (Lipinski definition) is 5. The minimum Gasteiger partial charge on any atom is -0.394 e. The predicted octanol–water partition coefficient (Wildman–Crippen LogP) is 4.11. The van der Waals surface area contributed by atoms with E-state index in [0.717, 1.165) is 23.2 Å². The van der Waals surface area contributed by atoms with Crippen LogP contribution >= 0.6 is 0 Å². The van der Waals surface area contributed by atoms with Crippen LogP contribution in [0.5, 0.6) is 0 Å². The topological polar surface area (TPSA) is 90.4 Å². The van der Waals surface area contributed by atoms with Gasteiger partial charge in [-0.15, -0.1) is 0 Å². The molecule has 0 saturated carbocycles. The van der Waals surface area contributed by atoms with E-state index in [-0.39, 0.29) is 24.3 Å². The molecule has 0 bridgehead atoms.